The average Bonchev–Trinajstić information content (AvgIpc) is 3.56. The minimum absolute atomic E-state index is 0.0924. The third-order valence-electron chi connectivity index (χ3n) is 5.46. The van der Waals surface area contributed by atoms with Crippen molar-refractivity contribution in [1.29, 1.82) is 0 Å². The lowest BCUT2D eigenvalue weighted by atomic mass is 10.2. The Kier molecular flexibility index (Phi) is 7.55. The van der Waals surface area contributed by atoms with Crippen LogP contribution in [0.5, 0.6) is 5.75 Å². The molecule has 5 rings (SSSR count). The highest BCUT2D eigenvalue weighted by atomic mass is 35.5. The first-order chi connectivity index (χ1) is 18.0. The summed E-state index contributed by atoms with van der Waals surface area (Å²) in [5, 5.41) is 13.0. The van der Waals surface area contributed by atoms with Gasteiger partial charge in [-0.05, 0) is 48.5 Å². The number of amides is 1. The van der Waals surface area contributed by atoms with E-state index in [0.717, 1.165) is 28.4 Å². The zero-order valence-electron chi connectivity index (χ0n) is 20.0. The lowest BCUT2D eigenvalue weighted by molar-refractivity contribution is -0.115. The molecule has 0 aliphatic heterocycles. The van der Waals surface area contributed by atoms with Crippen molar-refractivity contribution in [3.8, 4) is 22.8 Å². The Morgan fingerprint density at radius 2 is 1.84 bits per heavy atom. The molecule has 0 saturated heterocycles. The van der Waals surface area contributed by atoms with Gasteiger partial charge in [-0.2, -0.15) is 0 Å². The molecule has 0 spiro atoms. The van der Waals surface area contributed by atoms with Gasteiger partial charge in [-0.1, -0.05) is 53.7 Å². The van der Waals surface area contributed by atoms with E-state index in [1.54, 1.807) is 12.0 Å². The van der Waals surface area contributed by atoms with Gasteiger partial charge in [-0.3, -0.25) is 14.3 Å². The molecule has 2 heterocycles. The Hall–Kier alpha value is -3.66. The lowest BCUT2D eigenvalue weighted by Crippen LogP contribution is -2.22. The highest BCUT2D eigenvalue weighted by Gasteiger charge is 2.20. The number of nitrogens with zero attached hydrogens (tertiary/aromatic N) is 5. The Morgan fingerprint density at radius 1 is 1.05 bits per heavy atom. The van der Waals surface area contributed by atoms with Gasteiger partial charge in [0, 0.05) is 34.3 Å². The Balaban J connectivity index is 1.44. The molecular weight excluding hydrogens is 526 g/mol. The number of hydrogen-bond acceptors (Lipinski definition) is 7. The van der Waals surface area contributed by atoms with E-state index in [-0.39, 0.29) is 5.91 Å². The van der Waals surface area contributed by atoms with Gasteiger partial charge in [0.2, 0.25) is 5.91 Å². The van der Waals surface area contributed by atoms with Gasteiger partial charge < -0.3 is 4.74 Å². The first-order valence-electron chi connectivity index (χ1n) is 11.3. The molecule has 2 aromatic heterocycles. The quantitative estimate of drug-likeness (QED) is 0.194. The van der Waals surface area contributed by atoms with E-state index in [4.69, 9.17) is 21.3 Å². The summed E-state index contributed by atoms with van der Waals surface area (Å²) in [5.74, 6) is 1.89. The van der Waals surface area contributed by atoms with Crippen LogP contribution in [0.15, 0.2) is 89.4 Å². The number of ether oxygens (including phenoxy) is 1. The number of rotatable bonds is 8. The first kappa shape index (κ1) is 25.0. The molecule has 10 heteroatoms. The van der Waals surface area contributed by atoms with E-state index >= 15 is 0 Å². The fourth-order valence-corrected chi connectivity index (χ4v) is 5.71. The number of anilines is 2. The van der Waals surface area contributed by atoms with Crippen LogP contribution in [0.3, 0.4) is 0 Å². The van der Waals surface area contributed by atoms with E-state index in [0.29, 0.717) is 26.9 Å². The van der Waals surface area contributed by atoms with E-state index in [1.165, 1.54) is 30.0 Å². The minimum Gasteiger partial charge on any atom is -0.497 e. The summed E-state index contributed by atoms with van der Waals surface area (Å²) in [6.07, 6.45) is 0. The van der Waals surface area contributed by atoms with Crippen LogP contribution < -0.4 is 9.64 Å². The fraction of sp³-hybridized carbons (Fsp3) is 0.111. The molecule has 7 nitrogen and oxygen atoms in total. The van der Waals surface area contributed by atoms with Crippen molar-refractivity contribution in [2.75, 3.05) is 12.0 Å². The highest BCUT2D eigenvalue weighted by Crippen LogP contribution is 2.34. The molecule has 37 heavy (non-hydrogen) atoms. The number of halogens is 1. The maximum Gasteiger partial charge on any atom is 0.230 e. The van der Waals surface area contributed by atoms with Gasteiger partial charge in [-0.15, -0.1) is 21.5 Å². The summed E-state index contributed by atoms with van der Waals surface area (Å²) in [6.45, 7) is 1.54. The van der Waals surface area contributed by atoms with Gasteiger partial charge in [0.25, 0.3) is 0 Å². The Bertz CT molecular complexity index is 1520. The number of methoxy groups -OCH3 is 1. The number of hydrogen-bond donors (Lipinski definition) is 0. The molecule has 0 saturated carbocycles. The second kappa shape index (κ2) is 11.2. The predicted octanol–water partition coefficient (Wildman–Crippen LogP) is 7.03. The average molecular weight is 548 g/mol. The smallest absolute Gasteiger partial charge is 0.230 e. The van der Waals surface area contributed by atoms with Gasteiger partial charge >= 0.3 is 0 Å². The zero-order chi connectivity index (χ0) is 25.8. The zero-order valence-corrected chi connectivity index (χ0v) is 22.4. The van der Waals surface area contributed by atoms with Crippen molar-refractivity contribution in [1.82, 2.24) is 19.7 Å². The second-order valence-electron chi connectivity index (χ2n) is 7.95. The molecular formula is C27H22ClN5O2S2. The number of para-hydroxylation sites is 1. The van der Waals surface area contributed by atoms with Gasteiger partial charge in [-0.25, -0.2) is 4.98 Å². The standard InChI is InChI=1S/C27H22ClN5O2S2/c1-18(34)32(22-8-4-3-5-9-22)26-29-21(16-36-26)17-37-27-31-30-25(19-7-6-10-24(15-19)35-2)33(27)23-13-11-20(28)12-14-23/h3-16H,17H2,1-2H3. The number of aromatic nitrogens is 4. The molecule has 0 unspecified atom stereocenters. The lowest BCUT2D eigenvalue weighted by Gasteiger charge is -2.17. The summed E-state index contributed by atoms with van der Waals surface area (Å²) in [4.78, 5) is 18.7. The summed E-state index contributed by atoms with van der Waals surface area (Å²) in [5.41, 5.74) is 3.40. The Labute approximate surface area is 227 Å². The predicted molar refractivity (Wildman–Crippen MR) is 149 cm³/mol. The van der Waals surface area contributed by atoms with Crippen molar-refractivity contribution in [2.45, 2.75) is 17.8 Å². The number of carbonyl (C=O) groups excluding carboxylic acids is 1. The molecule has 0 fully saturated rings. The largest absolute Gasteiger partial charge is 0.497 e. The van der Waals surface area contributed by atoms with E-state index in [9.17, 15) is 4.79 Å². The molecule has 0 atom stereocenters. The molecule has 0 N–H and O–H groups in total. The van der Waals surface area contributed by atoms with Gasteiger partial charge in [0.15, 0.2) is 16.1 Å². The minimum atomic E-state index is -0.0924. The van der Waals surface area contributed by atoms with Crippen LogP contribution in [0, 0.1) is 0 Å². The van der Waals surface area contributed by atoms with Crippen molar-refractivity contribution in [3.63, 3.8) is 0 Å². The van der Waals surface area contributed by atoms with Crippen LogP contribution in [0.1, 0.15) is 12.6 Å². The summed E-state index contributed by atoms with van der Waals surface area (Å²) in [7, 11) is 1.64. The SMILES string of the molecule is COc1cccc(-c2nnc(SCc3csc(N(C(C)=O)c4ccccc4)n3)n2-c2ccc(Cl)cc2)c1. The maximum absolute atomic E-state index is 12.4. The second-order valence-corrected chi connectivity index (χ2v) is 10.2. The maximum atomic E-state index is 12.4. The number of thioether (sulfide) groups is 1. The van der Waals surface area contributed by atoms with Crippen molar-refractivity contribution >= 4 is 51.4 Å². The summed E-state index contributed by atoms with van der Waals surface area (Å²) >= 11 is 9.10. The summed E-state index contributed by atoms with van der Waals surface area (Å²) in [6, 6.07) is 24.8. The van der Waals surface area contributed by atoms with Crippen LogP contribution in [-0.4, -0.2) is 32.8 Å². The highest BCUT2D eigenvalue weighted by molar-refractivity contribution is 7.98. The molecule has 0 radical (unpaired) electrons. The van der Waals surface area contributed by atoms with E-state index < -0.39 is 0 Å². The molecule has 5 aromatic rings. The van der Waals surface area contributed by atoms with E-state index in [1.807, 2.05) is 88.8 Å². The van der Waals surface area contributed by atoms with Gasteiger partial charge in [0.1, 0.15) is 5.75 Å². The molecule has 3 aromatic carbocycles. The number of benzene rings is 3. The fourth-order valence-electron chi connectivity index (χ4n) is 3.74. The molecule has 186 valence electrons. The van der Waals surface area contributed by atoms with Crippen LogP contribution in [0.4, 0.5) is 10.8 Å². The van der Waals surface area contributed by atoms with Crippen LogP contribution >= 0.6 is 34.7 Å². The topological polar surface area (TPSA) is 73.1 Å². The number of carbonyl (C=O) groups is 1. The molecule has 0 bridgehead atoms. The normalized spacial score (nSPS) is 10.9. The Morgan fingerprint density at radius 3 is 2.57 bits per heavy atom. The van der Waals surface area contributed by atoms with E-state index in [2.05, 4.69) is 10.2 Å². The first-order valence-corrected chi connectivity index (χ1v) is 13.6. The van der Waals surface area contributed by atoms with Gasteiger partial charge in [0.05, 0.1) is 18.5 Å². The van der Waals surface area contributed by atoms with Crippen LogP contribution in [0.25, 0.3) is 17.1 Å². The third-order valence-corrected chi connectivity index (χ3v) is 7.54. The van der Waals surface area contributed by atoms with Crippen LogP contribution in [0.2, 0.25) is 5.02 Å². The monoisotopic (exact) mass is 547 g/mol. The van der Waals surface area contributed by atoms with Crippen LogP contribution in [-0.2, 0) is 10.5 Å². The van der Waals surface area contributed by atoms with Crippen molar-refractivity contribution in [2.24, 2.45) is 0 Å². The summed E-state index contributed by atoms with van der Waals surface area (Å²) < 4.78 is 7.40. The number of thiazole rings is 1. The molecule has 0 aliphatic rings. The third kappa shape index (κ3) is 5.53. The molecule has 0 aliphatic carbocycles. The molecule has 1 amide bonds. The van der Waals surface area contributed by atoms with Crippen molar-refractivity contribution < 1.29 is 9.53 Å². The van der Waals surface area contributed by atoms with Crippen molar-refractivity contribution in [3.05, 3.63) is 95.0 Å².